The summed E-state index contributed by atoms with van der Waals surface area (Å²) in [6.07, 6.45) is 1.74. The lowest BCUT2D eigenvalue weighted by Gasteiger charge is -2.11. The van der Waals surface area contributed by atoms with Crippen LogP contribution < -0.4 is 0 Å². The molecule has 0 unspecified atom stereocenters. The van der Waals surface area contributed by atoms with E-state index in [0.29, 0.717) is 5.75 Å². The van der Waals surface area contributed by atoms with E-state index in [0.717, 1.165) is 12.7 Å². The molecule has 0 heterocycles. The van der Waals surface area contributed by atoms with Crippen molar-refractivity contribution in [3.63, 3.8) is 0 Å². The zero-order chi connectivity index (χ0) is 11.6. The van der Waals surface area contributed by atoms with Gasteiger partial charge in [0, 0.05) is 15.3 Å². The molecule has 0 aromatic heterocycles. The minimum Gasteiger partial charge on any atom is -0.506 e. The van der Waals surface area contributed by atoms with Crippen molar-refractivity contribution >= 4 is 51.4 Å². The molecule has 0 amide bonds. The van der Waals surface area contributed by atoms with E-state index in [1.807, 2.05) is 32.9 Å². The lowest BCUT2D eigenvalue weighted by molar-refractivity contribution is 0.470. The summed E-state index contributed by atoms with van der Waals surface area (Å²) >= 11 is 4.35. The first kappa shape index (κ1) is 13.2. The summed E-state index contributed by atoms with van der Waals surface area (Å²) in [6, 6.07) is 3.86. The van der Waals surface area contributed by atoms with Crippen molar-refractivity contribution in [2.75, 3.05) is 0 Å². The van der Waals surface area contributed by atoms with Crippen molar-refractivity contribution in [3.05, 3.63) is 24.8 Å². The van der Waals surface area contributed by atoms with E-state index in [1.165, 1.54) is 0 Å². The van der Waals surface area contributed by atoms with Gasteiger partial charge in [0.05, 0.1) is 9.11 Å². The highest BCUT2D eigenvalue weighted by atomic mass is 127. The number of aliphatic imine (C=N–C) groups is 1. The first-order valence-electron chi connectivity index (χ1n) is 4.53. The van der Waals surface area contributed by atoms with E-state index >= 15 is 0 Å². The van der Waals surface area contributed by atoms with Crippen molar-refractivity contribution in [2.24, 2.45) is 4.99 Å². The van der Waals surface area contributed by atoms with Gasteiger partial charge in [-0.2, -0.15) is 0 Å². The summed E-state index contributed by atoms with van der Waals surface area (Å²) in [5.74, 6) is 0.309. The lowest BCUT2D eigenvalue weighted by atomic mass is 10.1. The molecule has 2 nitrogen and oxygen atoms in total. The molecule has 0 atom stereocenters. The Morgan fingerprint density at radius 3 is 2.40 bits per heavy atom. The normalized spacial score (nSPS) is 12.3. The first-order chi connectivity index (χ1) is 6.79. The van der Waals surface area contributed by atoms with Crippen molar-refractivity contribution in [3.8, 4) is 5.75 Å². The Hall–Kier alpha value is 0.150. The van der Waals surface area contributed by atoms with Crippen LogP contribution in [-0.2, 0) is 0 Å². The van der Waals surface area contributed by atoms with Gasteiger partial charge in [0.15, 0.2) is 0 Å². The number of rotatable bonds is 1. The summed E-state index contributed by atoms with van der Waals surface area (Å²) in [6.45, 7) is 6.08. The average molecular weight is 429 g/mol. The fourth-order valence-electron chi connectivity index (χ4n) is 0.947. The predicted octanol–water partition coefficient (Wildman–Crippen LogP) is 3.82. The molecular formula is C11H13I2NO. The van der Waals surface area contributed by atoms with Crippen LogP contribution in [0.3, 0.4) is 0 Å². The van der Waals surface area contributed by atoms with Gasteiger partial charge in [0.1, 0.15) is 5.75 Å². The third-order valence-electron chi connectivity index (χ3n) is 1.65. The molecule has 1 aromatic rings. The molecule has 0 bridgehead atoms. The summed E-state index contributed by atoms with van der Waals surface area (Å²) < 4.78 is 1.96. The molecule has 15 heavy (non-hydrogen) atoms. The largest absolute Gasteiger partial charge is 0.506 e. The number of benzene rings is 1. The standard InChI is InChI=1S/C11H13I2NO/c1-11(2,3)14-6-7-4-8(12)5-9(13)10(7)15/h4-6,15H,1-3H3. The third kappa shape index (κ3) is 4.26. The first-order valence-corrected chi connectivity index (χ1v) is 6.68. The predicted molar refractivity (Wildman–Crippen MR) is 80.9 cm³/mol. The Labute approximate surface area is 117 Å². The van der Waals surface area contributed by atoms with Crippen LogP contribution in [0, 0.1) is 7.14 Å². The van der Waals surface area contributed by atoms with Gasteiger partial charge in [-0.25, -0.2) is 0 Å². The van der Waals surface area contributed by atoms with Gasteiger partial charge in [-0.1, -0.05) is 0 Å². The van der Waals surface area contributed by atoms with Gasteiger partial charge in [0.2, 0.25) is 0 Å². The molecular weight excluding hydrogens is 416 g/mol. The molecule has 1 N–H and O–H groups in total. The molecule has 0 aliphatic carbocycles. The van der Waals surface area contributed by atoms with Crippen LogP contribution >= 0.6 is 45.2 Å². The highest BCUT2D eigenvalue weighted by molar-refractivity contribution is 14.1. The van der Waals surface area contributed by atoms with E-state index in [2.05, 4.69) is 50.2 Å². The Morgan fingerprint density at radius 1 is 1.27 bits per heavy atom. The fourth-order valence-corrected chi connectivity index (χ4v) is 2.84. The minimum atomic E-state index is -0.112. The molecule has 0 aliphatic rings. The molecule has 1 rings (SSSR count). The average Bonchev–Trinajstić information content (AvgIpc) is 2.07. The van der Waals surface area contributed by atoms with Crippen molar-refractivity contribution in [1.29, 1.82) is 0 Å². The zero-order valence-electron chi connectivity index (χ0n) is 8.88. The molecule has 0 fully saturated rings. The van der Waals surface area contributed by atoms with Crippen LogP contribution in [0.5, 0.6) is 5.75 Å². The quantitative estimate of drug-likeness (QED) is 0.535. The number of hydrogen-bond donors (Lipinski definition) is 1. The third-order valence-corrected chi connectivity index (χ3v) is 3.09. The monoisotopic (exact) mass is 429 g/mol. The molecule has 0 saturated heterocycles. The van der Waals surface area contributed by atoms with Crippen LogP contribution in [0.4, 0.5) is 0 Å². The Bertz CT molecular complexity index is 394. The smallest absolute Gasteiger partial charge is 0.137 e. The summed E-state index contributed by atoms with van der Waals surface area (Å²) in [5, 5.41) is 9.82. The topological polar surface area (TPSA) is 32.6 Å². The maximum Gasteiger partial charge on any atom is 0.137 e. The van der Waals surface area contributed by atoms with Crippen LogP contribution in [0.15, 0.2) is 17.1 Å². The number of hydrogen-bond acceptors (Lipinski definition) is 2. The number of aromatic hydroxyl groups is 1. The van der Waals surface area contributed by atoms with Gasteiger partial charge in [0.25, 0.3) is 0 Å². The maximum absolute atomic E-state index is 9.82. The molecule has 82 valence electrons. The number of halogens is 2. The Morgan fingerprint density at radius 2 is 1.87 bits per heavy atom. The summed E-state index contributed by atoms with van der Waals surface area (Å²) in [5.41, 5.74) is 0.667. The van der Waals surface area contributed by atoms with Gasteiger partial charge >= 0.3 is 0 Å². The van der Waals surface area contributed by atoms with Crippen LogP contribution in [-0.4, -0.2) is 16.9 Å². The SMILES string of the molecule is CC(C)(C)N=Cc1cc(I)cc(I)c1O. The van der Waals surface area contributed by atoms with E-state index in [9.17, 15) is 5.11 Å². The Balaban J connectivity index is 3.10. The van der Waals surface area contributed by atoms with E-state index in [1.54, 1.807) is 6.21 Å². The summed E-state index contributed by atoms with van der Waals surface area (Å²) in [4.78, 5) is 4.38. The van der Waals surface area contributed by atoms with Gasteiger partial charge in [-0.3, -0.25) is 4.99 Å². The van der Waals surface area contributed by atoms with Crippen LogP contribution in [0.25, 0.3) is 0 Å². The molecule has 0 spiro atoms. The van der Waals surface area contributed by atoms with Gasteiger partial charge < -0.3 is 5.11 Å². The van der Waals surface area contributed by atoms with E-state index < -0.39 is 0 Å². The molecule has 1 aromatic carbocycles. The van der Waals surface area contributed by atoms with Gasteiger partial charge in [-0.05, 0) is 78.1 Å². The second-order valence-electron chi connectivity index (χ2n) is 4.25. The fraction of sp³-hybridized carbons (Fsp3) is 0.364. The zero-order valence-corrected chi connectivity index (χ0v) is 13.2. The van der Waals surface area contributed by atoms with E-state index in [-0.39, 0.29) is 5.54 Å². The molecule has 4 heteroatoms. The minimum absolute atomic E-state index is 0.112. The highest BCUT2D eigenvalue weighted by Crippen LogP contribution is 2.26. The highest BCUT2D eigenvalue weighted by Gasteiger charge is 2.08. The molecule has 0 radical (unpaired) electrons. The van der Waals surface area contributed by atoms with Crippen LogP contribution in [0.2, 0.25) is 0 Å². The maximum atomic E-state index is 9.82. The second-order valence-corrected chi connectivity index (χ2v) is 6.66. The summed E-state index contributed by atoms with van der Waals surface area (Å²) in [7, 11) is 0. The van der Waals surface area contributed by atoms with Crippen molar-refractivity contribution in [1.82, 2.24) is 0 Å². The number of phenolic OH excluding ortho intramolecular Hbond substituents is 1. The van der Waals surface area contributed by atoms with Crippen LogP contribution in [0.1, 0.15) is 26.3 Å². The second kappa shape index (κ2) is 4.99. The molecule has 0 saturated carbocycles. The lowest BCUT2D eigenvalue weighted by Crippen LogP contribution is -2.09. The van der Waals surface area contributed by atoms with E-state index in [4.69, 9.17) is 0 Å². The van der Waals surface area contributed by atoms with Crippen molar-refractivity contribution < 1.29 is 5.11 Å². The molecule has 0 aliphatic heterocycles. The van der Waals surface area contributed by atoms with Gasteiger partial charge in [-0.15, -0.1) is 0 Å². The Kier molecular flexibility index (Phi) is 4.39. The number of nitrogens with zero attached hydrogens (tertiary/aromatic N) is 1. The van der Waals surface area contributed by atoms with Crippen molar-refractivity contribution in [2.45, 2.75) is 26.3 Å². The number of phenols is 1.